The first kappa shape index (κ1) is 14.7. The summed E-state index contributed by atoms with van der Waals surface area (Å²) in [6.45, 7) is 0.277. The van der Waals surface area contributed by atoms with Crippen LogP contribution in [0.15, 0.2) is 17.0 Å². The molecule has 21 heavy (non-hydrogen) atoms. The van der Waals surface area contributed by atoms with Crippen molar-refractivity contribution in [3.05, 3.63) is 23.8 Å². The fourth-order valence-electron chi connectivity index (χ4n) is 3.70. The van der Waals surface area contributed by atoms with Gasteiger partial charge in [0.25, 0.3) is 0 Å². The van der Waals surface area contributed by atoms with Crippen LogP contribution in [0.3, 0.4) is 0 Å². The SMILES string of the molecule is Nc1cc(F)c(F)c(S(=O)(=O)NCC2CC3CCC2C3)c1. The van der Waals surface area contributed by atoms with Crippen LogP contribution in [-0.4, -0.2) is 15.0 Å². The van der Waals surface area contributed by atoms with E-state index in [0.717, 1.165) is 31.4 Å². The molecule has 0 aromatic heterocycles. The molecule has 116 valence electrons. The summed E-state index contributed by atoms with van der Waals surface area (Å²) in [4.78, 5) is -0.719. The van der Waals surface area contributed by atoms with Crippen LogP contribution < -0.4 is 10.5 Å². The monoisotopic (exact) mass is 316 g/mol. The van der Waals surface area contributed by atoms with Gasteiger partial charge in [0.1, 0.15) is 4.90 Å². The lowest BCUT2D eigenvalue weighted by molar-refractivity contribution is 0.332. The molecule has 0 amide bonds. The van der Waals surface area contributed by atoms with Crippen molar-refractivity contribution in [3.63, 3.8) is 0 Å². The lowest BCUT2D eigenvalue weighted by Crippen LogP contribution is -2.32. The van der Waals surface area contributed by atoms with E-state index in [1.807, 2.05) is 0 Å². The van der Waals surface area contributed by atoms with Crippen molar-refractivity contribution >= 4 is 15.7 Å². The van der Waals surface area contributed by atoms with Crippen molar-refractivity contribution in [3.8, 4) is 0 Å². The number of anilines is 1. The molecule has 0 spiro atoms. The first-order chi connectivity index (χ1) is 9.87. The summed E-state index contributed by atoms with van der Waals surface area (Å²) in [5, 5.41) is 0. The van der Waals surface area contributed by atoms with E-state index in [0.29, 0.717) is 17.8 Å². The number of nitrogens with two attached hydrogens (primary N) is 1. The molecule has 7 heteroatoms. The second-order valence-electron chi connectivity index (χ2n) is 6.10. The summed E-state index contributed by atoms with van der Waals surface area (Å²) in [5.41, 5.74) is 5.28. The molecule has 0 saturated heterocycles. The molecular weight excluding hydrogens is 298 g/mol. The normalized spacial score (nSPS) is 28.2. The largest absolute Gasteiger partial charge is 0.399 e. The Hall–Kier alpha value is -1.21. The Morgan fingerprint density at radius 1 is 1.24 bits per heavy atom. The van der Waals surface area contributed by atoms with Gasteiger partial charge in [-0.25, -0.2) is 21.9 Å². The first-order valence-electron chi connectivity index (χ1n) is 7.11. The van der Waals surface area contributed by atoms with Gasteiger partial charge in [-0.3, -0.25) is 0 Å². The highest BCUT2D eigenvalue weighted by atomic mass is 32.2. The van der Waals surface area contributed by atoms with Gasteiger partial charge in [0.05, 0.1) is 0 Å². The average Bonchev–Trinajstić information content (AvgIpc) is 3.03. The lowest BCUT2D eigenvalue weighted by Gasteiger charge is -2.21. The third-order valence-electron chi connectivity index (χ3n) is 4.73. The maximum Gasteiger partial charge on any atom is 0.243 e. The molecule has 2 aliphatic carbocycles. The van der Waals surface area contributed by atoms with Crippen LogP contribution in [0.1, 0.15) is 25.7 Å². The van der Waals surface area contributed by atoms with E-state index < -0.39 is 26.6 Å². The summed E-state index contributed by atoms with van der Waals surface area (Å²) in [7, 11) is -4.09. The number of rotatable bonds is 4. The third-order valence-corrected chi connectivity index (χ3v) is 6.15. The summed E-state index contributed by atoms with van der Waals surface area (Å²) in [6.07, 6.45) is 4.54. The topological polar surface area (TPSA) is 72.2 Å². The first-order valence-corrected chi connectivity index (χ1v) is 8.59. The molecule has 0 radical (unpaired) electrons. The van der Waals surface area contributed by atoms with Crippen LogP contribution in [0.4, 0.5) is 14.5 Å². The fourth-order valence-corrected chi connectivity index (χ4v) is 4.91. The van der Waals surface area contributed by atoms with Crippen LogP contribution >= 0.6 is 0 Å². The fraction of sp³-hybridized carbons (Fsp3) is 0.571. The van der Waals surface area contributed by atoms with E-state index in [4.69, 9.17) is 5.73 Å². The number of benzene rings is 1. The molecule has 2 aliphatic rings. The van der Waals surface area contributed by atoms with Crippen LogP contribution in [0.5, 0.6) is 0 Å². The van der Waals surface area contributed by atoms with Gasteiger partial charge in [0, 0.05) is 12.2 Å². The molecular formula is C14H18F2N2O2S. The molecule has 3 rings (SSSR count). The van der Waals surface area contributed by atoms with Crippen molar-refractivity contribution < 1.29 is 17.2 Å². The number of nitrogens with one attached hydrogen (secondary N) is 1. The zero-order valence-corrected chi connectivity index (χ0v) is 12.3. The molecule has 2 fully saturated rings. The van der Waals surface area contributed by atoms with E-state index in [1.54, 1.807) is 0 Å². The van der Waals surface area contributed by atoms with Gasteiger partial charge in [0.15, 0.2) is 11.6 Å². The van der Waals surface area contributed by atoms with Crippen LogP contribution in [0.25, 0.3) is 0 Å². The zero-order valence-electron chi connectivity index (χ0n) is 11.5. The smallest absolute Gasteiger partial charge is 0.243 e. The van der Waals surface area contributed by atoms with Crippen LogP contribution in [0, 0.1) is 29.4 Å². The van der Waals surface area contributed by atoms with Gasteiger partial charge in [-0.2, -0.15) is 0 Å². The van der Waals surface area contributed by atoms with E-state index in [2.05, 4.69) is 4.72 Å². The Morgan fingerprint density at radius 2 is 2.00 bits per heavy atom. The van der Waals surface area contributed by atoms with E-state index >= 15 is 0 Å². The standard InChI is InChI=1S/C14H18F2N2O2S/c15-12-5-11(17)6-13(14(12)16)21(19,20)18-7-10-4-8-1-2-9(10)3-8/h5-6,8-10,18H,1-4,7,17H2. The zero-order chi connectivity index (χ0) is 15.2. The maximum atomic E-state index is 13.7. The van der Waals surface area contributed by atoms with Crippen molar-refractivity contribution in [1.82, 2.24) is 4.72 Å². The number of halogens is 2. The molecule has 3 unspecified atom stereocenters. The van der Waals surface area contributed by atoms with Crippen molar-refractivity contribution in [2.24, 2.45) is 17.8 Å². The van der Waals surface area contributed by atoms with Crippen molar-refractivity contribution in [2.45, 2.75) is 30.6 Å². The lowest BCUT2D eigenvalue weighted by atomic mass is 9.89. The highest BCUT2D eigenvalue weighted by Crippen LogP contribution is 2.48. The minimum Gasteiger partial charge on any atom is -0.399 e. The second-order valence-corrected chi connectivity index (χ2v) is 7.84. The third kappa shape index (κ3) is 2.76. The maximum absolute atomic E-state index is 13.7. The molecule has 2 saturated carbocycles. The molecule has 0 aliphatic heterocycles. The van der Waals surface area contributed by atoms with Crippen LogP contribution in [-0.2, 0) is 10.0 Å². The van der Waals surface area contributed by atoms with Crippen molar-refractivity contribution in [1.29, 1.82) is 0 Å². The average molecular weight is 316 g/mol. The second kappa shape index (κ2) is 5.21. The molecule has 3 atom stereocenters. The number of hydrogen-bond donors (Lipinski definition) is 2. The minimum atomic E-state index is -4.09. The highest BCUT2D eigenvalue weighted by Gasteiger charge is 2.39. The molecule has 0 heterocycles. The van der Waals surface area contributed by atoms with Crippen molar-refractivity contribution in [2.75, 3.05) is 12.3 Å². The molecule has 2 bridgehead atoms. The Morgan fingerprint density at radius 3 is 2.62 bits per heavy atom. The number of sulfonamides is 1. The quantitative estimate of drug-likeness (QED) is 0.837. The molecule has 3 N–H and O–H groups in total. The Balaban J connectivity index is 1.75. The number of fused-ring (bicyclic) bond motifs is 2. The van der Waals surface area contributed by atoms with Gasteiger partial charge >= 0.3 is 0 Å². The summed E-state index contributed by atoms with van der Waals surface area (Å²) < 4.78 is 53.7. The molecule has 1 aromatic carbocycles. The molecule has 4 nitrogen and oxygen atoms in total. The minimum absolute atomic E-state index is 0.116. The Kier molecular flexibility index (Phi) is 3.65. The van der Waals surface area contributed by atoms with Crippen LogP contribution in [0.2, 0.25) is 0 Å². The van der Waals surface area contributed by atoms with E-state index in [9.17, 15) is 17.2 Å². The summed E-state index contributed by atoms with van der Waals surface area (Å²) in [6, 6.07) is 1.71. The predicted molar refractivity (Wildman–Crippen MR) is 74.9 cm³/mol. The summed E-state index contributed by atoms with van der Waals surface area (Å²) in [5.74, 6) is -1.08. The highest BCUT2D eigenvalue weighted by molar-refractivity contribution is 7.89. The van der Waals surface area contributed by atoms with E-state index in [-0.39, 0.29) is 12.2 Å². The Labute approximate surface area is 122 Å². The van der Waals surface area contributed by atoms with Gasteiger partial charge in [0.2, 0.25) is 10.0 Å². The number of nitrogen functional groups attached to an aromatic ring is 1. The Bertz CT molecular complexity index is 663. The van der Waals surface area contributed by atoms with Gasteiger partial charge in [-0.1, -0.05) is 6.42 Å². The van der Waals surface area contributed by atoms with Gasteiger partial charge in [-0.15, -0.1) is 0 Å². The predicted octanol–water partition coefficient (Wildman–Crippen LogP) is 2.26. The van der Waals surface area contributed by atoms with E-state index in [1.165, 1.54) is 6.42 Å². The number of hydrogen-bond acceptors (Lipinski definition) is 3. The van der Waals surface area contributed by atoms with Gasteiger partial charge < -0.3 is 5.73 Å². The molecule has 1 aromatic rings. The van der Waals surface area contributed by atoms with Gasteiger partial charge in [-0.05, 0) is 49.1 Å². The summed E-state index contributed by atoms with van der Waals surface area (Å²) >= 11 is 0.